The summed E-state index contributed by atoms with van der Waals surface area (Å²) in [5, 5.41) is 0. The van der Waals surface area contributed by atoms with E-state index in [-0.39, 0.29) is 11.4 Å². The average Bonchev–Trinajstić information content (AvgIpc) is 2.48. The predicted molar refractivity (Wildman–Crippen MR) is 80.9 cm³/mol. The smallest absolute Gasteiger partial charge is 0.262 e. The number of sulfonamides is 1. The lowest BCUT2D eigenvalue weighted by molar-refractivity contribution is 0.599. The fraction of sp³-hybridized carbons (Fsp3) is 0.200. The molecule has 0 unspecified atom stereocenters. The number of benzene rings is 2. The minimum absolute atomic E-state index is 0.206. The first-order valence-electron chi connectivity index (χ1n) is 6.56. The highest BCUT2D eigenvalue weighted by molar-refractivity contribution is 7.92. The van der Waals surface area contributed by atoms with E-state index < -0.39 is 15.8 Å². The molecule has 4 nitrogen and oxygen atoms in total. The fourth-order valence-electron chi connectivity index (χ4n) is 2.00. The predicted octanol–water partition coefficient (Wildman–Crippen LogP) is 2.65. The molecule has 2 aromatic carbocycles. The summed E-state index contributed by atoms with van der Waals surface area (Å²) in [4.78, 5) is 0.206. The van der Waals surface area contributed by atoms with Gasteiger partial charge < -0.3 is 5.73 Å². The maximum absolute atomic E-state index is 12.9. The van der Waals surface area contributed by atoms with Gasteiger partial charge in [-0.1, -0.05) is 19.1 Å². The van der Waals surface area contributed by atoms with E-state index in [1.807, 2.05) is 13.0 Å². The summed E-state index contributed by atoms with van der Waals surface area (Å²) in [6.45, 7) is 2.15. The highest BCUT2D eigenvalue weighted by Gasteiger charge is 2.18. The van der Waals surface area contributed by atoms with Gasteiger partial charge in [0, 0.05) is 12.2 Å². The summed E-state index contributed by atoms with van der Waals surface area (Å²) in [7, 11) is -3.73. The van der Waals surface area contributed by atoms with E-state index in [4.69, 9.17) is 5.73 Å². The van der Waals surface area contributed by atoms with E-state index in [0.717, 1.165) is 5.56 Å². The number of nitrogens with one attached hydrogen (secondary N) is 1. The first-order chi connectivity index (χ1) is 9.96. The summed E-state index contributed by atoms with van der Waals surface area (Å²) in [6.07, 6.45) is 0.588. The molecule has 0 aliphatic heterocycles. The Labute approximate surface area is 123 Å². The Morgan fingerprint density at radius 2 is 1.81 bits per heavy atom. The lowest BCUT2D eigenvalue weighted by Gasteiger charge is -2.13. The van der Waals surface area contributed by atoms with Gasteiger partial charge in [0.1, 0.15) is 5.82 Å². The molecule has 0 bridgehead atoms. The van der Waals surface area contributed by atoms with Crippen LogP contribution in [-0.2, 0) is 23.0 Å². The van der Waals surface area contributed by atoms with Crippen molar-refractivity contribution in [2.24, 2.45) is 5.73 Å². The van der Waals surface area contributed by atoms with Crippen LogP contribution in [0.15, 0.2) is 47.4 Å². The summed E-state index contributed by atoms with van der Waals surface area (Å²) >= 11 is 0. The Hall–Kier alpha value is -1.92. The van der Waals surface area contributed by atoms with Gasteiger partial charge >= 0.3 is 0 Å². The minimum atomic E-state index is -3.73. The maximum Gasteiger partial charge on any atom is 0.262 e. The summed E-state index contributed by atoms with van der Waals surface area (Å²) in [5.74, 6) is -0.419. The Balaban J connectivity index is 2.41. The van der Waals surface area contributed by atoms with Gasteiger partial charge in [0.2, 0.25) is 0 Å². The molecule has 0 amide bonds. The van der Waals surface area contributed by atoms with Crippen LogP contribution >= 0.6 is 0 Å². The van der Waals surface area contributed by atoms with Crippen LogP contribution in [0.5, 0.6) is 0 Å². The molecule has 0 saturated carbocycles. The van der Waals surface area contributed by atoms with Crippen LogP contribution in [0.25, 0.3) is 0 Å². The van der Waals surface area contributed by atoms with Gasteiger partial charge in [-0.15, -0.1) is 0 Å². The Bertz CT molecular complexity index is 728. The fourth-order valence-corrected chi connectivity index (χ4v) is 3.42. The van der Waals surface area contributed by atoms with Crippen LogP contribution in [0.3, 0.4) is 0 Å². The van der Waals surface area contributed by atoms with Crippen LogP contribution in [0.1, 0.15) is 18.1 Å². The number of hydrogen-bond donors (Lipinski definition) is 2. The molecule has 0 heterocycles. The molecule has 0 radical (unpaired) electrons. The molecule has 0 spiro atoms. The minimum Gasteiger partial charge on any atom is -0.326 e. The standard InChI is InChI=1S/C15H17FN2O2S/c1-2-12-4-3-11(10-17)9-15(12)21(19,20)18-14-7-5-13(16)6-8-14/h3-9,18H,2,10,17H2,1H3. The van der Waals surface area contributed by atoms with Gasteiger partial charge in [-0.3, -0.25) is 4.72 Å². The normalized spacial score (nSPS) is 11.4. The summed E-state index contributed by atoms with van der Waals surface area (Å²) in [6, 6.07) is 10.3. The van der Waals surface area contributed by atoms with Crippen LogP contribution in [0.4, 0.5) is 10.1 Å². The van der Waals surface area contributed by atoms with E-state index in [1.165, 1.54) is 24.3 Å². The zero-order valence-electron chi connectivity index (χ0n) is 11.6. The molecule has 0 aliphatic rings. The second-order valence-electron chi connectivity index (χ2n) is 4.61. The number of hydrogen-bond acceptors (Lipinski definition) is 3. The van der Waals surface area contributed by atoms with Crippen LogP contribution in [0, 0.1) is 5.82 Å². The van der Waals surface area contributed by atoms with Crippen molar-refractivity contribution in [2.75, 3.05) is 4.72 Å². The summed E-state index contributed by atoms with van der Waals surface area (Å²) < 4.78 is 40.3. The largest absolute Gasteiger partial charge is 0.326 e. The van der Waals surface area contributed by atoms with Crippen LogP contribution in [0.2, 0.25) is 0 Å². The van der Waals surface area contributed by atoms with E-state index in [2.05, 4.69) is 4.72 Å². The number of anilines is 1. The second-order valence-corrected chi connectivity index (χ2v) is 6.26. The molecular formula is C15H17FN2O2S. The van der Waals surface area contributed by atoms with E-state index in [0.29, 0.717) is 17.7 Å². The molecular weight excluding hydrogens is 291 g/mol. The first kappa shape index (κ1) is 15.5. The quantitative estimate of drug-likeness (QED) is 0.892. The monoisotopic (exact) mass is 308 g/mol. The lowest BCUT2D eigenvalue weighted by atomic mass is 10.1. The van der Waals surface area contributed by atoms with E-state index in [9.17, 15) is 12.8 Å². The number of nitrogens with two attached hydrogens (primary N) is 1. The van der Waals surface area contributed by atoms with Gasteiger partial charge in [-0.05, 0) is 47.9 Å². The van der Waals surface area contributed by atoms with Crippen LogP contribution < -0.4 is 10.5 Å². The van der Waals surface area contributed by atoms with E-state index in [1.54, 1.807) is 12.1 Å². The third-order valence-electron chi connectivity index (χ3n) is 3.13. The van der Waals surface area contributed by atoms with Crippen molar-refractivity contribution < 1.29 is 12.8 Å². The van der Waals surface area contributed by atoms with Crippen molar-refractivity contribution >= 4 is 15.7 Å². The van der Waals surface area contributed by atoms with Crippen molar-refractivity contribution in [3.63, 3.8) is 0 Å². The highest BCUT2D eigenvalue weighted by Crippen LogP contribution is 2.22. The highest BCUT2D eigenvalue weighted by atomic mass is 32.2. The van der Waals surface area contributed by atoms with Gasteiger partial charge in [0.25, 0.3) is 10.0 Å². The average molecular weight is 308 g/mol. The molecule has 6 heteroatoms. The Morgan fingerprint density at radius 1 is 1.14 bits per heavy atom. The molecule has 0 aromatic heterocycles. The van der Waals surface area contributed by atoms with Crippen molar-refractivity contribution in [3.05, 3.63) is 59.4 Å². The molecule has 2 rings (SSSR count). The number of aryl methyl sites for hydroxylation is 1. The van der Waals surface area contributed by atoms with Crippen molar-refractivity contribution in [1.82, 2.24) is 0 Å². The molecule has 0 atom stereocenters. The third kappa shape index (κ3) is 3.59. The SMILES string of the molecule is CCc1ccc(CN)cc1S(=O)(=O)Nc1ccc(F)cc1. The zero-order valence-corrected chi connectivity index (χ0v) is 12.5. The summed E-state index contributed by atoms with van der Waals surface area (Å²) in [5.41, 5.74) is 7.33. The lowest BCUT2D eigenvalue weighted by Crippen LogP contribution is -2.15. The van der Waals surface area contributed by atoms with Gasteiger partial charge in [-0.25, -0.2) is 12.8 Å². The molecule has 112 valence electrons. The number of halogens is 1. The van der Waals surface area contributed by atoms with E-state index >= 15 is 0 Å². The molecule has 21 heavy (non-hydrogen) atoms. The van der Waals surface area contributed by atoms with Crippen LogP contribution in [-0.4, -0.2) is 8.42 Å². The Kier molecular flexibility index (Phi) is 4.59. The van der Waals surface area contributed by atoms with Crippen molar-refractivity contribution in [2.45, 2.75) is 24.8 Å². The topological polar surface area (TPSA) is 72.2 Å². The third-order valence-corrected chi connectivity index (χ3v) is 4.60. The molecule has 0 fully saturated rings. The Morgan fingerprint density at radius 3 is 2.38 bits per heavy atom. The number of rotatable bonds is 5. The van der Waals surface area contributed by atoms with Gasteiger partial charge in [0.15, 0.2) is 0 Å². The zero-order chi connectivity index (χ0) is 15.5. The van der Waals surface area contributed by atoms with Crippen molar-refractivity contribution in [1.29, 1.82) is 0 Å². The maximum atomic E-state index is 12.9. The molecule has 0 saturated heterocycles. The molecule has 2 aromatic rings. The van der Waals surface area contributed by atoms with Crippen molar-refractivity contribution in [3.8, 4) is 0 Å². The second kappa shape index (κ2) is 6.24. The molecule has 0 aliphatic carbocycles. The van der Waals surface area contributed by atoms with Gasteiger partial charge in [-0.2, -0.15) is 0 Å². The molecule has 3 N–H and O–H groups in total. The van der Waals surface area contributed by atoms with Gasteiger partial charge in [0.05, 0.1) is 4.90 Å². The first-order valence-corrected chi connectivity index (χ1v) is 8.05.